The fourth-order valence-electron chi connectivity index (χ4n) is 3.42. The van der Waals surface area contributed by atoms with Gasteiger partial charge in [0.15, 0.2) is 0 Å². The standard InChI is InChI=1S/C23H19F3N6O2/c1-14-8-16(6-7-19(14)20-10-27-13-28-15(20)2)11-32-12-21(34-31-32)30-22(33)29-18-5-3-4-17(9-18)23(24,25)26/h3-10,12-13H,11H2,1-2H3,(H-,29,30,31,33)/p+1. The molecule has 0 atom stereocenters. The summed E-state index contributed by atoms with van der Waals surface area (Å²) in [4.78, 5) is 20.5. The first-order valence-electron chi connectivity index (χ1n) is 10.2. The van der Waals surface area contributed by atoms with E-state index < -0.39 is 17.8 Å². The summed E-state index contributed by atoms with van der Waals surface area (Å²) in [6.45, 7) is 4.29. The Morgan fingerprint density at radius 3 is 2.65 bits per heavy atom. The van der Waals surface area contributed by atoms with Crippen LogP contribution in [0.15, 0.2) is 65.7 Å². The minimum atomic E-state index is -4.51. The Hall–Kier alpha value is -4.28. The lowest BCUT2D eigenvalue weighted by Crippen LogP contribution is -2.35. The molecule has 0 spiro atoms. The molecule has 174 valence electrons. The van der Waals surface area contributed by atoms with E-state index in [1.807, 2.05) is 32.0 Å². The summed E-state index contributed by atoms with van der Waals surface area (Å²) in [6, 6.07) is 9.51. The number of aromatic nitrogens is 4. The number of aryl methyl sites for hydroxylation is 2. The van der Waals surface area contributed by atoms with Gasteiger partial charge in [0, 0.05) is 28.7 Å². The van der Waals surface area contributed by atoms with Crippen LogP contribution < -0.4 is 15.3 Å². The van der Waals surface area contributed by atoms with Crippen LogP contribution >= 0.6 is 0 Å². The van der Waals surface area contributed by atoms with Crippen molar-refractivity contribution in [3.8, 4) is 11.1 Å². The third-order valence-corrected chi connectivity index (χ3v) is 5.03. The first-order chi connectivity index (χ1) is 16.2. The van der Waals surface area contributed by atoms with Gasteiger partial charge in [-0.2, -0.15) is 13.2 Å². The van der Waals surface area contributed by atoms with E-state index in [-0.39, 0.29) is 11.6 Å². The lowest BCUT2D eigenvalue weighted by Gasteiger charge is -2.09. The maximum atomic E-state index is 12.8. The van der Waals surface area contributed by atoms with Crippen LogP contribution in [0.25, 0.3) is 11.1 Å². The zero-order chi connectivity index (χ0) is 24.3. The number of carbonyl (C=O) groups excluding carboxylic acids is 1. The van der Waals surface area contributed by atoms with Gasteiger partial charge in [0.25, 0.3) is 6.20 Å². The maximum Gasteiger partial charge on any atom is 0.416 e. The molecule has 0 aliphatic heterocycles. The number of halogens is 3. The van der Waals surface area contributed by atoms with Crippen LogP contribution in [0, 0.1) is 13.8 Å². The van der Waals surface area contributed by atoms with Gasteiger partial charge in [-0.3, -0.25) is 9.84 Å². The smallest absolute Gasteiger partial charge is 0.308 e. The number of rotatable bonds is 5. The van der Waals surface area contributed by atoms with Gasteiger partial charge in [0.1, 0.15) is 6.33 Å². The highest BCUT2D eigenvalue weighted by Gasteiger charge is 2.30. The maximum absolute atomic E-state index is 12.8. The van der Waals surface area contributed by atoms with E-state index in [1.165, 1.54) is 29.3 Å². The van der Waals surface area contributed by atoms with Crippen molar-refractivity contribution >= 4 is 17.6 Å². The number of hydrogen-bond acceptors (Lipinski definition) is 5. The lowest BCUT2D eigenvalue weighted by molar-refractivity contribution is -0.754. The molecule has 0 radical (unpaired) electrons. The zero-order valence-corrected chi connectivity index (χ0v) is 18.2. The van der Waals surface area contributed by atoms with Gasteiger partial charge in [-0.1, -0.05) is 18.2 Å². The summed E-state index contributed by atoms with van der Waals surface area (Å²) in [5.74, 6) is 0.0369. The summed E-state index contributed by atoms with van der Waals surface area (Å²) in [5, 5.41) is 8.62. The molecule has 2 N–H and O–H groups in total. The van der Waals surface area contributed by atoms with Crippen molar-refractivity contribution in [2.75, 3.05) is 10.6 Å². The van der Waals surface area contributed by atoms with Crippen LogP contribution in [-0.2, 0) is 12.7 Å². The number of urea groups is 1. The third-order valence-electron chi connectivity index (χ3n) is 5.03. The lowest BCUT2D eigenvalue weighted by atomic mass is 9.98. The molecule has 0 saturated heterocycles. The minimum absolute atomic E-state index is 0.00525. The average molecular weight is 469 g/mol. The number of alkyl halides is 3. The van der Waals surface area contributed by atoms with Gasteiger partial charge in [0.05, 0.1) is 5.56 Å². The highest BCUT2D eigenvalue weighted by atomic mass is 19.4. The summed E-state index contributed by atoms with van der Waals surface area (Å²) >= 11 is 0. The van der Waals surface area contributed by atoms with Crippen LogP contribution in [-0.4, -0.2) is 21.3 Å². The number of amides is 2. The topological polar surface area (TPSA) is 96.8 Å². The molecule has 11 heteroatoms. The summed E-state index contributed by atoms with van der Waals surface area (Å²) < 4.78 is 45.1. The highest BCUT2D eigenvalue weighted by molar-refractivity contribution is 5.98. The van der Waals surface area contributed by atoms with Crippen molar-refractivity contribution in [2.45, 2.75) is 26.6 Å². The monoisotopic (exact) mass is 469 g/mol. The van der Waals surface area contributed by atoms with Gasteiger partial charge in [-0.15, -0.1) is 0 Å². The zero-order valence-electron chi connectivity index (χ0n) is 18.2. The quantitative estimate of drug-likeness (QED) is 0.412. The SMILES string of the molecule is Cc1cc(C[n+]2cc(NC(=O)Nc3cccc(C(F)(F)F)c3)on2)ccc1-c1cncnc1C. The van der Waals surface area contributed by atoms with Gasteiger partial charge >= 0.3 is 18.1 Å². The van der Waals surface area contributed by atoms with Crippen LogP contribution in [0.4, 0.5) is 29.5 Å². The Kier molecular flexibility index (Phi) is 6.26. The normalized spacial score (nSPS) is 11.3. The molecule has 0 aliphatic carbocycles. The Bertz CT molecular complexity index is 1340. The second-order valence-electron chi connectivity index (χ2n) is 7.59. The number of nitrogens with one attached hydrogen (secondary N) is 2. The highest BCUT2D eigenvalue weighted by Crippen LogP contribution is 2.30. The van der Waals surface area contributed by atoms with Crippen LogP contribution in [0.2, 0.25) is 0 Å². The number of anilines is 2. The second-order valence-corrected chi connectivity index (χ2v) is 7.59. The molecule has 0 fully saturated rings. The Morgan fingerprint density at radius 2 is 1.91 bits per heavy atom. The first kappa shape index (κ1) is 22.9. The van der Waals surface area contributed by atoms with Crippen LogP contribution in [0.3, 0.4) is 0 Å². The average Bonchev–Trinajstić information content (AvgIpc) is 3.20. The molecule has 2 amide bonds. The molecule has 0 bridgehead atoms. The van der Waals surface area contributed by atoms with Crippen molar-refractivity contribution in [1.82, 2.24) is 15.2 Å². The van der Waals surface area contributed by atoms with E-state index in [1.54, 1.807) is 6.20 Å². The van der Waals surface area contributed by atoms with Crippen molar-refractivity contribution < 1.29 is 27.2 Å². The van der Waals surface area contributed by atoms with E-state index in [0.717, 1.165) is 40.1 Å². The molecule has 8 nitrogen and oxygen atoms in total. The Balaban J connectivity index is 1.40. The number of carbonyl (C=O) groups is 1. The molecule has 4 rings (SSSR count). The molecule has 2 heterocycles. The van der Waals surface area contributed by atoms with Crippen molar-refractivity contribution in [1.29, 1.82) is 0 Å². The van der Waals surface area contributed by atoms with Crippen LogP contribution in [0.5, 0.6) is 0 Å². The molecule has 0 saturated carbocycles. The largest absolute Gasteiger partial charge is 0.416 e. The molecular weight excluding hydrogens is 449 g/mol. The molecule has 2 aromatic heterocycles. The van der Waals surface area contributed by atoms with E-state index in [0.29, 0.717) is 6.54 Å². The number of nitrogens with zero attached hydrogens (tertiary/aromatic N) is 4. The van der Waals surface area contributed by atoms with Crippen molar-refractivity contribution in [3.05, 3.63) is 83.6 Å². The predicted molar refractivity (Wildman–Crippen MR) is 117 cm³/mol. The number of benzene rings is 2. The molecule has 34 heavy (non-hydrogen) atoms. The summed E-state index contributed by atoms with van der Waals surface area (Å²) in [6.07, 6.45) is 0.257. The molecular formula is C23H20F3N6O2+. The molecule has 4 aromatic rings. The van der Waals surface area contributed by atoms with E-state index in [4.69, 9.17) is 4.52 Å². The van der Waals surface area contributed by atoms with Gasteiger partial charge in [0.2, 0.25) is 11.8 Å². The molecule has 0 unspecified atom stereocenters. The fraction of sp³-hybridized carbons (Fsp3) is 0.174. The molecule has 2 aromatic carbocycles. The van der Waals surface area contributed by atoms with Crippen LogP contribution in [0.1, 0.15) is 22.4 Å². The predicted octanol–water partition coefficient (Wildman–Crippen LogP) is 4.75. The van der Waals surface area contributed by atoms with Gasteiger partial charge < -0.3 is 5.32 Å². The Labute approximate surface area is 192 Å². The van der Waals surface area contributed by atoms with E-state index in [9.17, 15) is 18.0 Å². The van der Waals surface area contributed by atoms with E-state index >= 15 is 0 Å². The van der Waals surface area contributed by atoms with Crippen molar-refractivity contribution in [3.63, 3.8) is 0 Å². The fourth-order valence-corrected chi connectivity index (χ4v) is 3.42. The van der Waals surface area contributed by atoms with Gasteiger partial charge in [-0.05, 0) is 53.9 Å². The summed E-state index contributed by atoms with van der Waals surface area (Å²) in [5.41, 5.74) is 4.00. The van der Waals surface area contributed by atoms with Crippen molar-refractivity contribution in [2.24, 2.45) is 0 Å². The van der Waals surface area contributed by atoms with Gasteiger partial charge in [-0.25, -0.2) is 14.8 Å². The first-order valence-corrected chi connectivity index (χ1v) is 10.2. The Morgan fingerprint density at radius 1 is 1.09 bits per heavy atom. The summed E-state index contributed by atoms with van der Waals surface area (Å²) in [7, 11) is 0. The molecule has 0 aliphatic rings. The second kappa shape index (κ2) is 9.30. The number of hydrogen-bond donors (Lipinski definition) is 2. The minimum Gasteiger partial charge on any atom is -0.308 e. The van der Waals surface area contributed by atoms with E-state index in [2.05, 4.69) is 25.9 Å². The third kappa shape index (κ3) is 5.37.